The van der Waals surface area contributed by atoms with Gasteiger partial charge in [-0.3, -0.25) is 9.35 Å². The van der Waals surface area contributed by atoms with Gasteiger partial charge in [-0.1, -0.05) is 48.5 Å². The summed E-state index contributed by atoms with van der Waals surface area (Å²) in [7, 11) is -4.51. The highest BCUT2D eigenvalue weighted by Crippen LogP contribution is 2.40. The van der Waals surface area contributed by atoms with Crippen molar-refractivity contribution in [1.29, 1.82) is 0 Å². The van der Waals surface area contributed by atoms with Crippen LogP contribution in [0.2, 0.25) is 0 Å². The molecule has 228 valence electrons. The van der Waals surface area contributed by atoms with Gasteiger partial charge in [0.2, 0.25) is 0 Å². The lowest BCUT2D eigenvalue weighted by Gasteiger charge is -2.12. The van der Waals surface area contributed by atoms with Gasteiger partial charge in [0.05, 0.1) is 16.1 Å². The van der Waals surface area contributed by atoms with Gasteiger partial charge in [0.15, 0.2) is 5.75 Å². The molecule has 0 spiro atoms. The monoisotopic (exact) mass is 630 g/mol. The first-order valence-corrected chi connectivity index (χ1v) is 15.8. The van der Waals surface area contributed by atoms with E-state index in [1.54, 1.807) is 30.3 Å². The normalized spacial score (nSPS) is 12.1. The van der Waals surface area contributed by atoms with Gasteiger partial charge in [0.1, 0.15) is 11.4 Å². The molecular formula is C35H26N4O6S. The number of carbonyl (C=O) groups is 1. The minimum Gasteiger partial charge on any atom is -0.507 e. The van der Waals surface area contributed by atoms with Gasteiger partial charge in [-0.15, -0.1) is 5.11 Å². The number of anilines is 1. The second-order valence-corrected chi connectivity index (χ2v) is 12.2. The number of amides is 1. The number of nitrogens with zero attached hydrogens (tertiary/aromatic N) is 3. The Kier molecular flexibility index (Phi) is 6.92. The minimum atomic E-state index is -4.51. The van der Waals surface area contributed by atoms with Crippen molar-refractivity contribution in [2.75, 3.05) is 5.32 Å². The third-order valence-corrected chi connectivity index (χ3v) is 8.87. The Balaban J connectivity index is 1.26. The zero-order valence-electron chi connectivity index (χ0n) is 24.3. The van der Waals surface area contributed by atoms with Crippen LogP contribution in [0.1, 0.15) is 17.3 Å². The predicted octanol–water partition coefficient (Wildman–Crippen LogP) is 8.45. The Hall–Kier alpha value is -5.78. The van der Waals surface area contributed by atoms with E-state index < -0.39 is 20.9 Å². The van der Waals surface area contributed by atoms with E-state index in [1.807, 2.05) is 36.4 Å². The summed E-state index contributed by atoms with van der Waals surface area (Å²) in [6, 6.07) is 29.3. The van der Waals surface area contributed by atoms with Gasteiger partial charge in [0.25, 0.3) is 16.0 Å². The summed E-state index contributed by atoms with van der Waals surface area (Å²) in [5.41, 5.74) is 3.11. The Morgan fingerprint density at radius 1 is 0.761 bits per heavy atom. The highest BCUT2D eigenvalue weighted by Gasteiger charge is 2.20. The fourth-order valence-electron chi connectivity index (χ4n) is 5.88. The molecule has 1 aromatic heterocycles. The van der Waals surface area contributed by atoms with Crippen molar-refractivity contribution in [3.8, 4) is 11.5 Å². The maximum Gasteiger partial charge on any atom is 0.294 e. The summed E-state index contributed by atoms with van der Waals surface area (Å²) in [5.74, 6) is -1.25. The summed E-state index contributed by atoms with van der Waals surface area (Å²) < 4.78 is 34.7. The number of hydrogen-bond donors (Lipinski definition) is 4. The van der Waals surface area contributed by atoms with Crippen LogP contribution < -0.4 is 5.32 Å². The molecular weight excluding hydrogens is 604 g/mol. The second kappa shape index (κ2) is 11.0. The molecule has 1 heterocycles. The molecule has 4 N–H and O–H groups in total. The van der Waals surface area contributed by atoms with E-state index in [9.17, 15) is 28.0 Å². The second-order valence-electron chi connectivity index (χ2n) is 10.8. The molecule has 10 nitrogen and oxygen atoms in total. The lowest BCUT2D eigenvalue weighted by Crippen LogP contribution is -2.12. The van der Waals surface area contributed by atoms with Crippen LogP contribution in [0.15, 0.2) is 118 Å². The molecule has 0 aliphatic rings. The van der Waals surface area contributed by atoms with Crippen LogP contribution in [0.5, 0.6) is 11.5 Å². The third-order valence-electron chi connectivity index (χ3n) is 8.04. The van der Waals surface area contributed by atoms with Crippen LogP contribution in [-0.2, 0) is 16.7 Å². The summed E-state index contributed by atoms with van der Waals surface area (Å²) in [6.07, 6.45) is 0. The quantitative estimate of drug-likeness (QED) is 0.107. The van der Waals surface area contributed by atoms with Crippen LogP contribution >= 0.6 is 0 Å². The number of phenolic OH excluding ortho intramolecular Hbond substituents is 2. The molecule has 0 saturated carbocycles. The van der Waals surface area contributed by atoms with Crippen molar-refractivity contribution in [2.24, 2.45) is 10.2 Å². The highest BCUT2D eigenvalue weighted by atomic mass is 32.2. The van der Waals surface area contributed by atoms with Crippen molar-refractivity contribution >= 4 is 76.4 Å². The summed E-state index contributed by atoms with van der Waals surface area (Å²) in [5, 5.41) is 37.2. The predicted molar refractivity (Wildman–Crippen MR) is 178 cm³/mol. The van der Waals surface area contributed by atoms with Crippen molar-refractivity contribution in [3.63, 3.8) is 0 Å². The number of benzene rings is 6. The number of azo groups is 1. The van der Waals surface area contributed by atoms with Gasteiger partial charge >= 0.3 is 0 Å². The summed E-state index contributed by atoms with van der Waals surface area (Å²) in [4.78, 5) is 13.2. The van der Waals surface area contributed by atoms with Crippen LogP contribution in [0.25, 0.3) is 43.4 Å². The molecule has 0 saturated heterocycles. The van der Waals surface area contributed by atoms with Gasteiger partial charge in [-0.2, -0.15) is 13.5 Å². The van der Waals surface area contributed by atoms with Crippen LogP contribution in [0.4, 0.5) is 17.1 Å². The van der Waals surface area contributed by atoms with E-state index in [4.69, 9.17) is 0 Å². The first kappa shape index (κ1) is 29.0. The first-order valence-electron chi connectivity index (χ1n) is 14.4. The first-order chi connectivity index (χ1) is 22.1. The van der Waals surface area contributed by atoms with Crippen molar-refractivity contribution in [3.05, 3.63) is 109 Å². The molecule has 0 aliphatic carbocycles. The Bertz CT molecular complexity index is 2520. The van der Waals surface area contributed by atoms with Crippen molar-refractivity contribution < 1.29 is 28.0 Å². The van der Waals surface area contributed by atoms with Gasteiger partial charge < -0.3 is 20.1 Å². The average molecular weight is 631 g/mol. The Labute approximate surface area is 262 Å². The van der Waals surface area contributed by atoms with Gasteiger partial charge in [0, 0.05) is 50.9 Å². The standard InChI is InChI=1S/C35H26N4O6S/c1-2-39-30-10-6-5-9-26(30)28-17-22(13-14-31(28)39)36-35(42)29-16-20-7-3-4-8-25(20)33(34(29)41)38-37-23-12-11-21-15-24(46(43,44)45)19-32(40)27(21)18-23/h3-19,40-41H,2H2,1H3,(H,36,42)(H,43,44,45)/b38-37+. The molecule has 7 rings (SSSR count). The minimum absolute atomic E-state index is 0.0117. The third kappa shape index (κ3) is 4.97. The molecule has 0 unspecified atom stereocenters. The number of aromatic nitrogens is 1. The van der Waals surface area contributed by atoms with Crippen LogP contribution in [0.3, 0.4) is 0 Å². The number of rotatable bonds is 6. The molecule has 11 heteroatoms. The van der Waals surface area contributed by atoms with Crippen molar-refractivity contribution in [2.45, 2.75) is 18.4 Å². The highest BCUT2D eigenvalue weighted by molar-refractivity contribution is 7.85. The topological polar surface area (TPSA) is 154 Å². The van der Waals surface area contributed by atoms with Gasteiger partial charge in [-0.05, 0) is 66.2 Å². The summed E-state index contributed by atoms with van der Waals surface area (Å²) >= 11 is 0. The Morgan fingerprint density at radius 2 is 1.48 bits per heavy atom. The van der Waals surface area contributed by atoms with Gasteiger partial charge in [-0.25, -0.2) is 0 Å². The number of aromatic hydroxyl groups is 2. The van der Waals surface area contributed by atoms with E-state index in [0.29, 0.717) is 27.5 Å². The lowest BCUT2D eigenvalue weighted by molar-refractivity contribution is 0.102. The number of hydrogen-bond acceptors (Lipinski definition) is 7. The fourth-order valence-corrected chi connectivity index (χ4v) is 6.42. The molecule has 0 atom stereocenters. The zero-order valence-corrected chi connectivity index (χ0v) is 25.2. The molecule has 0 bridgehead atoms. The summed E-state index contributed by atoms with van der Waals surface area (Å²) in [6.45, 7) is 2.89. The van der Waals surface area contributed by atoms with E-state index in [-0.39, 0.29) is 28.1 Å². The molecule has 1 amide bonds. The zero-order chi connectivity index (χ0) is 32.2. The number of carbonyl (C=O) groups excluding carboxylic acids is 1. The molecule has 6 aromatic carbocycles. The van der Waals surface area contributed by atoms with Crippen LogP contribution in [-0.4, -0.2) is 33.7 Å². The number of para-hydroxylation sites is 1. The number of fused-ring (bicyclic) bond motifs is 5. The number of aryl methyl sites for hydroxylation is 1. The molecule has 0 radical (unpaired) electrons. The lowest BCUT2D eigenvalue weighted by atomic mass is 10.0. The van der Waals surface area contributed by atoms with Crippen LogP contribution in [0, 0.1) is 0 Å². The maximum absolute atomic E-state index is 13.6. The maximum atomic E-state index is 13.6. The van der Waals surface area contributed by atoms with E-state index >= 15 is 0 Å². The molecule has 0 aliphatic heterocycles. The molecule has 46 heavy (non-hydrogen) atoms. The smallest absolute Gasteiger partial charge is 0.294 e. The fraction of sp³-hybridized carbons (Fsp3) is 0.0571. The largest absolute Gasteiger partial charge is 0.507 e. The van der Waals surface area contributed by atoms with E-state index in [1.165, 1.54) is 18.2 Å². The molecule has 7 aromatic rings. The number of nitrogens with one attached hydrogen (secondary N) is 1. The van der Waals surface area contributed by atoms with E-state index in [2.05, 4.69) is 39.2 Å². The average Bonchev–Trinajstić information content (AvgIpc) is 3.36. The Morgan fingerprint density at radius 3 is 2.26 bits per heavy atom. The molecule has 0 fully saturated rings. The van der Waals surface area contributed by atoms with Crippen molar-refractivity contribution in [1.82, 2.24) is 4.57 Å². The SMILES string of the molecule is CCn1c2ccccc2c2cc(NC(=O)c3cc4ccccc4c(/N=N/c4ccc5cc(S(=O)(=O)O)cc(O)c5c4)c3O)ccc21. The van der Waals surface area contributed by atoms with E-state index in [0.717, 1.165) is 34.4 Å². The number of phenols is 2.